The van der Waals surface area contributed by atoms with E-state index in [0.29, 0.717) is 9.87 Å². The third-order valence-corrected chi connectivity index (χ3v) is 5.68. The second kappa shape index (κ2) is 7.38. The molecule has 24 heavy (non-hydrogen) atoms. The highest BCUT2D eigenvalue weighted by atomic mass is 32.1. The van der Waals surface area contributed by atoms with Gasteiger partial charge in [-0.15, -0.1) is 11.3 Å². The quantitative estimate of drug-likeness (QED) is 0.642. The number of thiocarbonyl (C=S) groups is 1. The molecular formula is C17H17N3OS3. The van der Waals surface area contributed by atoms with Gasteiger partial charge in [0.05, 0.1) is 21.1 Å². The van der Waals surface area contributed by atoms with Crippen molar-refractivity contribution in [2.45, 2.75) is 19.9 Å². The van der Waals surface area contributed by atoms with Gasteiger partial charge < -0.3 is 10.6 Å². The van der Waals surface area contributed by atoms with E-state index < -0.39 is 0 Å². The predicted molar refractivity (Wildman–Crippen MR) is 106 cm³/mol. The fourth-order valence-corrected chi connectivity index (χ4v) is 4.26. The number of fused-ring (bicyclic) bond motifs is 1. The number of benzene rings is 1. The molecule has 2 N–H and O–H groups in total. The predicted octanol–water partition coefficient (Wildman–Crippen LogP) is 4.55. The minimum Gasteiger partial charge on any atom is -0.342 e. The number of thiazole rings is 1. The molecular weight excluding hydrogens is 358 g/mol. The first-order chi connectivity index (χ1) is 11.5. The highest BCUT2D eigenvalue weighted by molar-refractivity contribution is 7.80. The monoisotopic (exact) mass is 375 g/mol. The van der Waals surface area contributed by atoms with E-state index in [4.69, 9.17) is 12.2 Å². The zero-order valence-corrected chi connectivity index (χ0v) is 15.7. The van der Waals surface area contributed by atoms with E-state index >= 15 is 0 Å². The number of nitrogens with zero attached hydrogens (tertiary/aromatic N) is 1. The molecule has 1 atom stereocenters. The van der Waals surface area contributed by atoms with E-state index in [1.54, 1.807) is 17.4 Å². The standard InChI is InChI=1S/C17H17N3OS3/c1-10(2)14(19-15(21)13-8-5-9-23-13)16(22)20-17-18-11-6-3-4-7-12(11)24-17/h3-10,14H,1-2H3,(H,19,21)(H,18,20,22)/t14-/m0/s1. The third-order valence-electron chi connectivity index (χ3n) is 3.50. The first-order valence-corrected chi connectivity index (χ1v) is 9.66. The van der Waals surface area contributed by atoms with E-state index in [1.807, 2.05) is 49.6 Å². The maximum absolute atomic E-state index is 12.3. The number of thiophene rings is 1. The fraction of sp³-hybridized carbons (Fsp3) is 0.235. The van der Waals surface area contributed by atoms with Crippen molar-refractivity contribution in [2.24, 2.45) is 5.92 Å². The molecule has 0 radical (unpaired) electrons. The molecule has 0 bridgehead atoms. The molecule has 0 saturated heterocycles. The van der Waals surface area contributed by atoms with Gasteiger partial charge in [0, 0.05) is 0 Å². The largest absolute Gasteiger partial charge is 0.342 e. The smallest absolute Gasteiger partial charge is 0.261 e. The molecule has 2 aromatic heterocycles. The first kappa shape index (κ1) is 17.0. The Balaban J connectivity index is 1.73. The number of rotatable bonds is 5. The van der Waals surface area contributed by atoms with Gasteiger partial charge in [0.25, 0.3) is 5.91 Å². The summed E-state index contributed by atoms with van der Waals surface area (Å²) in [6.45, 7) is 4.07. The lowest BCUT2D eigenvalue weighted by Crippen LogP contribution is -2.46. The van der Waals surface area contributed by atoms with Crippen molar-refractivity contribution in [1.29, 1.82) is 0 Å². The van der Waals surface area contributed by atoms with Crippen LogP contribution in [0.4, 0.5) is 5.13 Å². The Morgan fingerprint density at radius 2 is 2.00 bits per heavy atom. The van der Waals surface area contributed by atoms with Crippen molar-refractivity contribution < 1.29 is 4.79 Å². The van der Waals surface area contributed by atoms with Gasteiger partial charge in [0.2, 0.25) is 0 Å². The average molecular weight is 376 g/mol. The molecule has 4 nitrogen and oxygen atoms in total. The Morgan fingerprint density at radius 3 is 2.67 bits per heavy atom. The summed E-state index contributed by atoms with van der Waals surface area (Å²) in [6.07, 6.45) is 0. The summed E-state index contributed by atoms with van der Waals surface area (Å²) in [5.41, 5.74) is 0.941. The number of hydrogen-bond acceptors (Lipinski definition) is 5. The van der Waals surface area contributed by atoms with Crippen LogP contribution in [-0.2, 0) is 0 Å². The highest BCUT2D eigenvalue weighted by Crippen LogP contribution is 2.26. The Hall–Kier alpha value is -1.83. The Kier molecular flexibility index (Phi) is 5.23. The molecule has 0 aliphatic heterocycles. The number of hydrogen-bond donors (Lipinski definition) is 2. The Bertz CT molecular complexity index is 822. The highest BCUT2D eigenvalue weighted by Gasteiger charge is 2.23. The second-order valence-corrected chi connectivity index (χ2v) is 8.07. The molecule has 2 heterocycles. The van der Waals surface area contributed by atoms with Crippen LogP contribution in [0.15, 0.2) is 41.8 Å². The molecule has 3 aromatic rings. The molecule has 0 unspecified atom stereocenters. The number of carbonyl (C=O) groups excluding carboxylic acids is 1. The minimum atomic E-state index is -0.249. The van der Waals surface area contributed by atoms with Gasteiger partial charge in [0.15, 0.2) is 5.13 Å². The topological polar surface area (TPSA) is 54.0 Å². The summed E-state index contributed by atoms with van der Waals surface area (Å²) in [7, 11) is 0. The van der Waals surface area contributed by atoms with Crippen LogP contribution >= 0.6 is 34.9 Å². The van der Waals surface area contributed by atoms with E-state index in [0.717, 1.165) is 15.3 Å². The SMILES string of the molecule is CC(C)[C@H](NC(=O)c1cccs1)C(=S)Nc1nc2ccccc2s1. The average Bonchev–Trinajstić information content (AvgIpc) is 3.20. The van der Waals surface area contributed by atoms with Crippen molar-refractivity contribution in [1.82, 2.24) is 10.3 Å². The first-order valence-electron chi connectivity index (χ1n) is 7.55. The zero-order chi connectivity index (χ0) is 17.1. The fourth-order valence-electron chi connectivity index (χ4n) is 2.26. The third kappa shape index (κ3) is 3.80. The molecule has 0 aliphatic rings. The molecule has 0 saturated carbocycles. The number of para-hydroxylation sites is 1. The van der Waals surface area contributed by atoms with Crippen molar-refractivity contribution in [3.63, 3.8) is 0 Å². The van der Waals surface area contributed by atoms with Gasteiger partial charge >= 0.3 is 0 Å². The number of nitrogens with one attached hydrogen (secondary N) is 2. The van der Waals surface area contributed by atoms with Gasteiger partial charge in [-0.2, -0.15) is 0 Å². The summed E-state index contributed by atoms with van der Waals surface area (Å²) < 4.78 is 1.10. The van der Waals surface area contributed by atoms with Gasteiger partial charge in [-0.3, -0.25) is 4.79 Å². The molecule has 0 spiro atoms. The Morgan fingerprint density at radius 1 is 1.21 bits per heavy atom. The van der Waals surface area contributed by atoms with Crippen LogP contribution in [0, 0.1) is 5.92 Å². The molecule has 0 fully saturated rings. The lowest BCUT2D eigenvalue weighted by molar-refractivity contribution is 0.0944. The number of amides is 1. The van der Waals surface area contributed by atoms with Crippen molar-refractivity contribution in [3.8, 4) is 0 Å². The second-order valence-electron chi connectivity index (χ2n) is 5.65. The summed E-state index contributed by atoms with van der Waals surface area (Å²) >= 11 is 8.50. The molecule has 124 valence electrons. The van der Waals surface area contributed by atoms with Crippen LogP contribution in [-0.4, -0.2) is 21.9 Å². The van der Waals surface area contributed by atoms with Gasteiger partial charge in [0.1, 0.15) is 4.99 Å². The van der Waals surface area contributed by atoms with E-state index in [-0.39, 0.29) is 17.9 Å². The van der Waals surface area contributed by atoms with Crippen molar-refractivity contribution in [3.05, 3.63) is 46.7 Å². The van der Waals surface area contributed by atoms with E-state index in [1.165, 1.54) is 11.3 Å². The normalized spacial score (nSPS) is 12.3. The number of aromatic nitrogens is 1. The van der Waals surface area contributed by atoms with Crippen LogP contribution in [0.5, 0.6) is 0 Å². The van der Waals surface area contributed by atoms with Crippen LogP contribution < -0.4 is 10.6 Å². The molecule has 1 amide bonds. The molecule has 0 aliphatic carbocycles. The summed E-state index contributed by atoms with van der Waals surface area (Å²) in [6, 6.07) is 11.4. The van der Waals surface area contributed by atoms with Gasteiger partial charge in [-0.1, -0.05) is 55.6 Å². The van der Waals surface area contributed by atoms with Gasteiger partial charge in [-0.25, -0.2) is 4.98 Å². The number of anilines is 1. The van der Waals surface area contributed by atoms with Crippen LogP contribution in [0.25, 0.3) is 10.2 Å². The minimum absolute atomic E-state index is 0.0999. The van der Waals surface area contributed by atoms with E-state index in [9.17, 15) is 4.79 Å². The molecule has 3 rings (SSSR count). The van der Waals surface area contributed by atoms with Crippen LogP contribution in [0.1, 0.15) is 23.5 Å². The Labute approximate surface area is 153 Å². The van der Waals surface area contributed by atoms with Crippen LogP contribution in [0.2, 0.25) is 0 Å². The summed E-state index contributed by atoms with van der Waals surface area (Å²) in [4.78, 5) is 18.1. The lowest BCUT2D eigenvalue weighted by atomic mass is 10.0. The van der Waals surface area contributed by atoms with Crippen LogP contribution in [0.3, 0.4) is 0 Å². The lowest BCUT2D eigenvalue weighted by Gasteiger charge is -2.23. The van der Waals surface area contributed by atoms with E-state index in [2.05, 4.69) is 15.6 Å². The summed E-state index contributed by atoms with van der Waals surface area (Å²) in [5.74, 6) is 0.0699. The maximum Gasteiger partial charge on any atom is 0.261 e. The zero-order valence-electron chi connectivity index (χ0n) is 13.3. The maximum atomic E-state index is 12.3. The van der Waals surface area contributed by atoms with Crippen molar-refractivity contribution >= 4 is 61.1 Å². The summed E-state index contributed by atoms with van der Waals surface area (Å²) in [5, 5.41) is 8.84. The molecule has 1 aromatic carbocycles. The van der Waals surface area contributed by atoms with Crippen molar-refractivity contribution in [2.75, 3.05) is 5.32 Å². The molecule has 7 heteroatoms. The van der Waals surface area contributed by atoms with Gasteiger partial charge in [-0.05, 0) is 29.5 Å². The number of carbonyl (C=O) groups is 1.